The number of nitrogens with one attached hydrogen (secondary N) is 1. The van der Waals surface area contributed by atoms with Crippen LogP contribution in [0.1, 0.15) is 29.6 Å². The van der Waals surface area contributed by atoms with Crippen molar-refractivity contribution in [3.63, 3.8) is 0 Å². The summed E-state index contributed by atoms with van der Waals surface area (Å²) < 4.78 is 5.76. The SMILES string of the molecule is CCc1c(Cl)nc(C)nc1NCc1ccc(OCc2ccccn2)cc1. The van der Waals surface area contributed by atoms with E-state index in [0.29, 0.717) is 24.1 Å². The lowest BCUT2D eigenvalue weighted by atomic mass is 10.2. The number of ether oxygens (including phenoxy) is 1. The van der Waals surface area contributed by atoms with Gasteiger partial charge >= 0.3 is 0 Å². The van der Waals surface area contributed by atoms with E-state index in [0.717, 1.165) is 34.8 Å². The van der Waals surface area contributed by atoms with Crippen molar-refractivity contribution in [3.05, 3.63) is 76.5 Å². The van der Waals surface area contributed by atoms with Crippen LogP contribution < -0.4 is 10.1 Å². The second-order valence-electron chi connectivity index (χ2n) is 5.85. The molecule has 0 radical (unpaired) electrons. The molecule has 0 unspecified atom stereocenters. The van der Waals surface area contributed by atoms with Crippen LogP contribution in [0.4, 0.5) is 5.82 Å². The van der Waals surface area contributed by atoms with Crippen LogP contribution in [0.15, 0.2) is 48.7 Å². The number of aryl methyl sites for hydroxylation is 1. The minimum atomic E-state index is 0.455. The number of hydrogen-bond donors (Lipinski definition) is 1. The quantitative estimate of drug-likeness (QED) is 0.618. The maximum absolute atomic E-state index is 6.21. The number of rotatable bonds is 7. The average Bonchev–Trinajstić information content (AvgIpc) is 2.66. The van der Waals surface area contributed by atoms with Gasteiger partial charge in [-0.1, -0.05) is 36.7 Å². The van der Waals surface area contributed by atoms with E-state index in [1.807, 2.05) is 56.3 Å². The lowest BCUT2D eigenvalue weighted by Crippen LogP contribution is -2.07. The van der Waals surface area contributed by atoms with Gasteiger partial charge in [-0.3, -0.25) is 4.98 Å². The summed E-state index contributed by atoms with van der Waals surface area (Å²) in [5.41, 5.74) is 2.97. The largest absolute Gasteiger partial charge is 0.487 e. The molecule has 0 aliphatic rings. The van der Waals surface area contributed by atoms with Crippen LogP contribution in [-0.4, -0.2) is 15.0 Å². The monoisotopic (exact) mass is 368 g/mol. The zero-order chi connectivity index (χ0) is 18.4. The Balaban J connectivity index is 1.60. The Bertz CT molecular complexity index is 854. The Morgan fingerprint density at radius 1 is 1.08 bits per heavy atom. The first-order valence-electron chi connectivity index (χ1n) is 8.54. The van der Waals surface area contributed by atoms with Gasteiger partial charge in [0, 0.05) is 18.3 Å². The first-order valence-corrected chi connectivity index (χ1v) is 8.92. The second kappa shape index (κ2) is 8.63. The van der Waals surface area contributed by atoms with E-state index in [1.165, 1.54) is 0 Å². The topological polar surface area (TPSA) is 59.9 Å². The molecular weight excluding hydrogens is 348 g/mol. The molecule has 0 amide bonds. The summed E-state index contributed by atoms with van der Waals surface area (Å²) in [5.74, 6) is 2.27. The van der Waals surface area contributed by atoms with Crippen LogP contribution in [0.25, 0.3) is 0 Å². The third-order valence-corrected chi connectivity index (χ3v) is 4.23. The highest BCUT2D eigenvalue weighted by molar-refractivity contribution is 6.30. The normalized spacial score (nSPS) is 10.6. The van der Waals surface area contributed by atoms with E-state index >= 15 is 0 Å². The van der Waals surface area contributed by atoms with Gasteiger partial charge in [-0.25, -0.2) is 9.97 Å². The van der Waals surface area contributed by atoms with Crippen LogP contribution in [0.2, 0.25) is 5.15 Å². The molecule has 0 aliphatic heterocycles. The van der Waals surface area contributed by atoms with Gasteiger partial charge < -0.3 is 10.1 Å². The van der Waals surface area contributed by atoms with Gasteiger partial charge in [-0.05, 0) is 43.2 Å². The number of aromatic nitrogens is 3. The summed E-state index contributed by atoms with van der Waals surface area (Å²) in [4.78, 5) is 12.9. The summed E-state index contributed by atoms with van der Waals surface area (Å²) >= 11 is 6.21. The molecule has 0 spiro atoms. The first kappa shape index (κ1) is 18.1. The van der Waals surface area contributed by atoms with Crippen LogP contribution in [-0.2, 0) is 19.6 Å². The number of halogens is 1. The number of pyridine rings is 1. The predicted molar refractivity (Wildman–Crippen MR) is 103 cm³/mol. The maximum Gasteiger partial charge on any atom is 0.138 e. The summed E-state index contributed by atoms with van der Waals surface area (Å²) in [6.45, 7) is 4.99. The van der Waals surface area contributed by atoms with E-state index in [1.54, 1.807) is 6.20 Å². The third kappa shape index (κ3) is 4.70. The van der Waals surface area contributed by atoms with Gasteiger partial charge in [0.1, 0.15) is 29.2 Å². The van der Waals surface area contributed by atoms with Crippen molar-refractivity contribution in [2.45, 2.75) is 33.4 Å². The fraction of sp³-hybridized carbons (Fsp3) is 0.250. The maximum atomic E-state index is 6.21. The van der Waals surface area contributed by atoms with Gasteiger partial charge in [0.05, 0.1) is 5.69 Å². The molecule has 6 heteroatoms. The summed E-state index contributed by atoms with van der Waals surface area (Å²) in [7, 11) is 0. The fourth-order valence-corrected chi connectivity index (χ4v) is 2.90. The van der Waals surface area contributed by atoms with Crippen molar-refractivity contribution in [2.24, 2.45) is 0 Å². The Morgan fingerprint density at radius 2 is 1.88 bits per heavy atom. The van der Waals surface area contributed by atoms with Crippen molar-refractivity contribution >= 4 is 17.4 Å². The van der Waals surface area contributed by atoms with E-state index in [-0.39, 0.29) is 0 Å². The van der Waals surface area contributed by atoms with E-state index in [2.05, 4.69) is 20.3 Å². The molecule has 1 N–H and O–H groups in total. The lowest BCUT2D eigenvalue weighted by Gasteiger charge is -2.12. The molecule has 3 aromatic rings. The highest BCUT2D eigenvalue weighted by atomic mass is 35.5. The van der Waals surface area contributed by atoms with Crippen molar-refractivity contribution in [2.75, 3.05) is 5.32 Å². The van der Waals surface area contributed by atoms with Crippen molar-refractivity contribution in [1.82, 2.24) is 15.0 Å². The van der Waals surface area contributed by atoms with E-state index < -0.39 is 0 Å². The smallest absolute Gasteiger partial charge is 0.138 e. The molecule has 5 nitrogen and oxygen atoms in total. The van der Waals surface area contributed by atoms with Crippen molar-refractivity contribution < 1.29 is 4.74 Å². The molecule has 2 heterocycles. The molecule has 26 heavy (non-hydrogen) atoms. The zero-order valence-corrected chi connectivity index (χ0v) is 15.6. The van der Waals surface area contributed by atoms with E-state index in [9.17, 15) is 0 Å². The molecule has 0 saturated carbocycles. The molecule has 0 fully saturated rings. The number of benzene rings is 1. The second-order valence-corrected chi connectivity index (χ2v) is 6.21. The highest BCUT2D eigenvalue weighted by Crippen LogP contribution is 2.22. The van der Waals surface area contributed by atoms with Crippen molar-refractivity contribution in [3.8, 4) is 5.75 Å². The lowest BCUT2D eigenvalue weighted by molar-refractivity contribution is 0.301. The minimum absolute atomic E-state index is 0.455. The van der Waals surface area contributed by atoms with Crippen LogP contribution in [0, 0.1) is 6.92 Å². The summed E-state index contributed by atoms with van der Waals surface area (Å²) in [6, 6.07) is 13.8. The standard InChI is InChI=1S/C20H21ClN4O/c1-3-18-19(21)24-14(2)25-20(18)23-12-15-7-9-17(10-8-15)26-13-16-6-4-5-11-22-16/h4-11H,3,12-13H2,1-2H3,(H,23,24,25). The van der Waals surface area contributed by atoms with Crippen LogP contribution >= 0.6 is 11.6 Å². The molecule has 3 rings (SSSR count). The molecule has 0 saturated heterocycles. The summed E-state index contributed by atoms with van der Waals surface area (Å²) in [6.07, 6.45) is 2.54. The Labute approximate surface area is 158 Å². The molecule has 134 valence electrons. The zero-order valence-electron chi connectivity index (χ0n) is 14.9. The fourth-order valence-electron chi connectivity index (χ4n) is 2.55. The van der Waals surface area contributed by atoms with Gasteiger partial charge in [0.25, 0.3) is 0 Å². The Kier molecular flexibility index (Phi) is 6.02. The average molecular weight is 369 g/mol. The molecule has 0 aliphatic carbocycles. The van der Waals surface area contributed by atoms with Gasteiger partial charge in [0.2, 0.25) is 0 Å². The van der Waals surface area contributed by atoms with Gasteiger partial charge in [-0.15, -0.1) is 0 Å². The van der Waals surface area contributed by atoms with Gasteiger partial charge in [-0.2, -0.15) is 0 Å². The number of hydrogen-bond acceptors (Lipinski definition) is 5. The number of nitrogens with zero attached hydrogens (tertiary/aromatic N) is 3. The number of anilines is 1. The van der Waals surface area contributed by atoms with Crippen LogP contribution in [0.5, 0.6) is 5.75 Å². The van der Waals surface area contributed by atoms with Crippen molar-refractivity contribution in [1.29, 1.82) is 0 Å². The van der Waals surface area contributed by atoms with E-state index in [4.69, 9.17) is 16.3 Å². The summed E-state index contributed by atoms with van der Waals surface area (Å²) in [5, 5.41) is 3.87. The molecule has 2 aromatic heterocycles. The first-order chi connectivity index (χ1) is 12.7. The van der Waals surface area contributed by atoms with Crippen LogP contribution in [0.3, 0.4) is 0 Å². The molecule has 0 bridgehead atoms. The third-order valence-electron chi connectivity index (χ3n) is 3.92. The molecular formula is C20H21ClN4O. The highest BCUT2D eigenvalue weighted by Gasteiger charge is 2.09. The Hall–Kier alpha value is -2.66. The molecule has 1 aromatic carbocycles. The van der Waals surface area contributed by atoms with Gasteiger partial charge in [0.15, 0.2) is 0 Å². The molecule has 0 atom stereocenters. The minimum Gasteiger partial charge on any atom is -0.487 e. The Morgan fingerprint density at radius 3 is 2.58 bits per heavy atom. The predicted octanol–water partition coefficient (Wildman–Crippen LogP) is 4.59.